The van der Waals surface area contributed by atoms with Crippen LogP contribution >= 0.6 is 33.9 Å². The highest BCUT2D eigenvalue weighted by atomic mass is 127. The molecular weight excluding hydrogens is 481 g/mol. The van der Waals surface area contributed by atoms with Crippen LogP contribution in [0.2, 0.25) is 0 Å². The van der Waals surface area contributed by atoms with Crippen molar-refractivity contribution in [1.29, 1.82) is 0 Å². The molecule has 4 nitrogen and oxygen atoms in total. The summed E-state index contributed by atoms with van der Waals surface area (Å²) in [5, 5.41) is 0. The predicted octanol–water partition coefficient (Wildman–Crippen LogP) is 4.47. The van der Waals surface area contributed by atoms with Crippen LogP contribution in [0.1, 0.15) is 17.0 Å². The van der Waals surface area contributed by atoms with Crippen molar-refractivity contribution in [3.63, 3.8) is 0 Å². The third kappa shape index (κ3) is 2.70. The number of benzene rings is 2. The van der Waals surface area contributed by atoms with Crippen molar-refractivity contribution in [3.05, 3.63) is 90.0 Å². The summed E-state index contributed by atoms with van der Waals surface area (Å²) in [6, 6.07) is 18.3. The first-order valence-electron chi connectivity index (χ1n) is 8.89. The van der Waals surface area contributed by atoms with E-state index in [2.05, 4.69) is 76.3 Å². The Kier molecular flexibility index (Phi) is 4.13. The van der Waals surface area contributed by atoms with Crippen molar-refractivity contribution in [2.24, 2.45) is 0 Å². The van der Waals surface area contributed by atoms with Crippen LogP contribution in [0.5, 0.6) is 0 Å². The first-order valence-corrected chi connectivity index (χ1v) is 10.8. The largest absolute Gasteiger partial charge is 0.318 e. The van der Waals surface area contributed by atoms with E-state index in [-0.39, 0.29) is 5.56 Å². The number of hydrogen-bond acceptors (Lipinski definition) is 3. The fourth-order valence-electron chi connectivity index (χ4n) is 3.67. The second-order valence-corrected chi connectivity index (χ2v) is 9.03. The number of fused-ring (bicyclic) bond motifs is 3. The quantitative estimate of drug-likeness (QED) is 0.338. The molecule has 0 radical (unpaired) electrons. The van der Waals surface area contributed by atoms with E-state index in [1.807, 2.05) is 30.3 Å². The van der Waals surface area contributed by atoms with Gasteiger partial charge in [0.1, 0.15) is 0 Å². The van der Waals surface area contributed by atoms with E-state index in [9.17, 15) is 4.79 Å². The lowest BCUT2D eigenvalue weighted by atomic mass is 10.2. The molecule has 0 saturated heterocycles. The fraction of sp³-hybridized carbons (Fsp3) is 0.0909. The summed E-state index contributed by atoms with van der Waals surface area (Å²) in [7, 11) is 0. The van der Waals surface area contributed by atoms with Crippen LogP contribution in [-0.2, 0) is 0 Å². The van der Waals surface area contributed by atoms with Crippen LogP contribution in [0.25, 0.3) is 27.8 Å². The molecule has 0 spiro atoms. The number of aryl methyl sites for hydroxylation is 1. The van der Waals surface area contributed by atoms with Gasteiger partial charge in [-0.15, -0.1) is 0 Å². The zero-order chi connectivity index (χ0) is 19.4. The molecule has 0 atom stereocenters. The predicted molar refractivity (Wildman–Crippen MR) is 124 cm³/mol. The lowest BCUT2D eigenvalue weighted by Gasteiger charge is -2.09. The molecule has 0 amide bonds. The van der Waals surface area contributed by atoms with Crippen molar-refractivity contribution < 1.29 is 0 Å². The van der Waals surface area contributed by atoms with Gasteiger partial charge >= 0.3 is 0 Å². The molecule has 28 heavy (non-hydrogen) atoms. The number of rotatable bonds is 2. The van der Waals surface area contributed by atoms with Gasteiger partial charge in [0.05, 0.1) is 15.6 Å². The van der Waals surface area contributed by atoms with Crippen LogP contribution in [0.4, 0.5) is 0 Å². The highest BCUT2D eigenvalue weighted by Crippen LogP contribution is 2.22. The first kappa shape index (κ1) is 17.6. The zero-order valence-electron chi connectivity index (χ0n) is 15.3. The van der Waals surface area contributed by atoms with Crippen molar-refractivity contribution in [1.82, 2.24) is 14.0 Å². The van der Waals surface area contributed by atoms with Crippen LogP contribution in [0.15, 0.2) is 59.4 Å². The number of thiazole rings is 1. The minimum absolute atomic E-state index is 0.00670. The smallest absolute Gasteiger partial charge is 0.274 e. The van der Waals surface area contributed by atoms with Gasteiger partial charge < -0.3 is 4.57 Å². The molecule has 3 aromatic heterocycles. The molecule has 0 fully saturated rings. The number of nitrogens with zero attached hydrogens (tertiary/aromatic N) is 3. The van der Waals surface area contributed by atoms with E-state index in [1.165, 1.54) is 14.9 Å². The molecule has 0 bridgehead atoms. The van der Waals surface area contributed by atoms with Gasteiger partial charge in [-0.1, -0.05) is 23.5 Å². The van der Waals surface area contributed by atoms with Crippen LogP contribution in [0.3, 0.4) is 0 Å². The molecule has 0 aliphatic carbocycles. The van der Waals surface area contributed by atoms with E-state index in [4.69, 9.17) is 0 Å². The standard InChI is InChI=1S/C22H16IN3OS/c1-13-11-15(14(2)25(13)17-9-7-16(23)8-10-17)12-20-21(27)26-19-6-4-3-5-18(19)24-22(26)28-20/h3-12H,1-2H3. The van der Waals surface area contributed by atoms with Gasteiger partial charge in [0, 0.05) is 20.6 Å². The van der Waals surface area contributed by atoms with Crippen molar-refractivity contribution in [2.45, 2.75) is 13.8 Å². The summed E-state index contributed by atoms with van der Waals surface area (Å²) in [5.74, 6) is 0. The molecule has 3 heterocycles. The van der Waals surface area contributed by atoms with Gasteiger partial charge in [-0.3, -0.25) is 4.79 Å². The Morgan fingerprint density at radius 3 is 2.61 bits per heavy atom. The molecule has 138 valence electrons. The second kappa shape index (κ2) is 6.56. The summed E-state index contributed by atoms with van der Waals surface area (Å²) < 4.78 is 5.85. The second-order valence-electron chi connectivity index (χ2n) is 6.77. The van der Waals surface area contributed by atoms with Crippen LogP contribution in [0, 0.1) is 17.4 Å². The fourth-order valence-corrected chi connectivity index (χ4v) is 5.01. The summed E-state index contributed by atoms with van der Waals surface area (Å²) >= 11 is 3.75. The maximum Gasteiger partial charge on any atom is 0.274 e. The monoisotopic (exact) mass is 497 g/mol. The Morgan fingerprint density at radius 2 is 1.82 bits per heavy atom. The van der Waals surface area contributed by atoms with Crippen molar-refractivity contribution in [3.8, 4) is 5.69 Å². The molecule has 6 heteroatoms. The van der Waals surface area contributed by atoms with Gasteiger partial charge in [-0.05, 0) is 90.5 Å². The van der Waals surface area contributed by atoms with Gasteiger partial charge in [0.2, 0.25) is 0 Å². The molecule has 0 N–H and O–H groups in total. The third-order valence-electron chi connectivity index (χ3n) is 4.99. The average Bonchev–Trinajstić information content (AvgIpc) is 3.28. The number of hydrogen-bond donors (Lipinski definition) is 0. The van der Waals surface area contributed by atoms with Crippen molar-refractivity contribution in [2.75, 3.05) is 0 Å². The van der Waals surface area contributed by atoms with E-state index in [0.717, 1.165) is 38.6 Å². The molecule has 0 saturated carbocycles. The molecular formula is C22H16IN3OS. The summed E-state index contributed by atoms with van der Waals surface area (Å²) in [4.78, 5) is 18.3. The van der Waals surface area contributed by atoms with Gasteiger partial charge in [0.15, 0.2) is 4.96 Å². The topological polar surface area (TPSA) is 39.3 Å². The lowest BCUT2D eigenvalue weighted by molar-refractivity contribution is 0.964. The molecule has 0 unspecified atom stereocenters. The third-order valence-corrected chi connectivity index (χ3v) is 6.67. The highest BCUT2D eigenvalue weighted by molar-refractivity contribution is 14.1. The Balaban J connectivity index is 1.70. The lowest BCUT2D eigenvalue weighted by Crippen LogP contribution is -2.22. The number of imidazole rings is 1. The molecule has 5 aromatic rings. The van der Waals surface area contributed by atoms with Crippen LogP contribution in [-0.4, -0.2) is 14.0 Å². The Morgan fingerprint density at radius 1 is 1.07 bits per heavy atom. The van der Waals surface area contributed by atoms with Crippen molar-refractivity contribution >= 4 is 56.0 Å². The number of halogens is 1. The minimum atomic E-state index is -0.00670. The molecule has 0 aliphatic rings. The highest BCUT2D eigenvalue weighted by Gasteiger charge is 2.13. The van der Waals surface area contributed by atoms with E-state index in [0.29, 0.717) is 4.53 Å². The Hall–Kier alpha value is -2.45. The summed E-state index contributed by atoms with van der Waals surface area (Å²) in [5.41, 5.74) is 6.16. The maximum atomic E-state index is 13.0. The van der Waals surface area contributed by atoms with Crippen LogP contribution < -0.4 is 10.1 Å². The van der Waals surface area contributed by atoms with E-state index >= 15 is 0 Å². The SMILES string of the molecule is Cc1cc(C=c2sc3nc4ccccc4n3c2=O)c(C)n1-c1ccc(I)cc1. The molecule has 2 aromatic carbocycles. The Labute approximate surface area is 178 Å². The summed E-state index contributed by atoms with van der Waals surface area (Å²) in [6.07, 6.45) is 1.99. The number of para-hydroxylation sites is 2. The summed E-state index contributed by atoms with van der Waals surface area (Å²) in [6.45, 7) is 4.19. The number of aromatic nitrogens is 3. The molecule has 5 rings (SSSR count). The van der Waals surface area contributed by atoms with Gasteiger partial charge in [0.25, 0.3) is 5.56 Å². The maximum absolute atomic E-state index is 13.0. The molecule has 0 aliphatic heterocycles. The zero-order valence-corrected chi connectivity index (χ0v) is 18.3. The Bertz CT molecular complexity index is 1460. The normalized spacial score (nSPS) is 12.5. The van der Waals surface area contributed by atoms with Gasteiger partial charge in [-0.2, -0.15) is 0 Å². The minimum Gasteiger partial charge on any atom is -0.318 e. The van der Waals surface area contributed by atoms with Gasteiger partial charge in [-0.25, -0.2) is 9.38 Å². The van der Waals surface area contributed by atoms with E-state index in [1.54, 1.807) is 4.40 Å². The first-order chi connectivity index (χ1) is 13.5. The van der Waals surface area contributed by atoms with E-state index < -0.39 is 0 Å². The average molecular weight is 497 g/mol.